The first-order valence-corrected chi connectivity index (χ1v) is 5.50. The third-order valence-corrected chi connectivity index (χ3v) is 2.36. The fourth-order valence-electron chi connectivity index (χ4n) is 1.51. The molecule has 5 nitrogen and oxygen atoms in total. The Morgan fingerprint density at radius 1 is 1.22 bits per heavy atom. The molecule has 1 aromatic heterocycles. The van der Waals surface area contributed by atoms with Crippen LogP contribution in [0.2, 0.25) is 0 Å². The Balaban J connectivity index is 2.29. The highest BCUT2D eigenvalue weighted by Crippen LogP contribution is 2.18. The first-order valence-electron chi connectivity index (χ1n) is 5.50. The number of para-hydroxylation sites is 1. The molecule has 0 aliphatic carbocycles. The van der Waals surface area contributed by atoms with Crippen molar-refractivity contribution in [3.05, 3.63) is 42.2 Å². The molecule has 2 rings (SSSR count). The van der Waals surface area contributed by atoms with Crippen molar-refractivity contribution in [3.8, 4) is 6.19 Å². The van der Waals surface area contributed by atoms with E-state index in [1.165, 1.54) is 4.90 Å². The van der Waals surface area contributed by atoms with E-state index >= 15 is 0 Å². The minimum atomic E-state index is 0.573. The number of nitrogens with one attached hydrogen (secondary N) is 1. The average molecular weight is 239 g/mol. The van der Waals surface area contributed by atoms with E-state index in [0.717, 1.165) is 5.69 Å². The van der Waals surface area contributed by atoms with Crippen LogP contribution in [-0.2, 0) is 0 Å². The van der Waals surface area contributed by atoms with Crippen molar-refractivity contribution in [2.75, 3.05) is 17.3 Å². The predicted octanol–water partition coefficient (Wildman–Crippen LogP) is 2.45. The molecule has 0 aliphatic heterocycles. The number of rotatable bonds is 3. The Labute approximate surface area is 106 Å². The van der Waals surface area contributed by atoms with Gasteiger partial charge in [0.15, 0.2) is 6.19 Å². The van der Waals surface area contributed by atoms with Gasteiger partial charge in [-0.05, 0) is 19.1 Å². The van der Waals surface area contributed by atoms with Gasteiger partial charge >= 0.3 is 0 Å². The van der Waals surface area contributed by atoms with Gasteiger partial charge in [0.1, 0.15) is 17.5 Å². The van der Waals surface area contributed by atoms with Crippen molar-refractivity contribution in [2.24, 2.45) is 0 Å². The van der Waals surface area contributed by atoms with Crippen molar-refractivity contribution < 1.29 is 0 Å². The normalized spacial score (nSPS) is 9.61. The molecule has 0 fully saturated rings. The predicted molar refractivity (Wildman–Crippen MR) is 70.5 cm³/mol. The maximum absolute atomic E-state index is 8.85. The van der Waals surface area contributed by atoms with Gasteiger partial charge in [-0.15, -0.1) is 0 Å². The van der Waals surface area contributed by atoms with E-state index in [9.17, 15) is 0 Å². The van der Waals surface area contributed by atoms with Gasteiger partial charge in [-0.3, -0.25) is 4.90 Å². The van der Waals surface area contributed by atoms with Gasteiger partial charge < -0.3 is 5.32 Å². The summed E-state index contributed by atoms with van der Waals surface area (Å²) >= 11 is 0. The maximum Gasteiger partial charge on any atom is 0.185 e. The molecule has 0 bridgehead atoms. The third kappa shape index (κ3) is 2.74. The van der Waals surface area contributed by atoms with Crippen molar-refractivity contribution >= 4 is 17.3 Å². The Hall–Kier alpha value is -2.61. The molecule has 1 aromatic carbocycles. The summed E-state index contributed by atoms with van der Waals surface area (Å²) in [6, 6.07) is 11.5. The molecule has 1 N–H and O–H groups in total. The standard InChI is InChI=1S/C13H13N5/c1-10-15-12(8-13(16-10)18(2)9-14)17-11-6-4-3-5-7-11/h3-8H,1-2H3,(H,15,16,17). The van der Waals surface area contributed by atoms with Crippen LogP contribution in [-0.4, -0.2) is 17.0 Å². The zero-order chi connectivity index (χ0) is 13.0. The van der Waals surface area contributed by atoms with Crippen molar-refractivity contribution in [1.29, 1.82) is 5.26 Å². The van der Waals surface area contributed by atoms with Crippen molar-refractivity contribution in [3.63, 3.8) is 0 Å². The van der Waals surface area contributed by atoms with E-state index < -0.39 is 0 Å². The summed E-state index contributed by atoms with van der Waals surface area (Å²) in [7, 11) is 1.66. The van der Waals surface area contributed by atoms with Crippen LogP contribution in [0.3, 0.4) is 0 Å². The first kappa shape index (κ1) is 11.9. The van der Waals surface area contributed by atoms with Crippen LogP contribution >= 0.6 is 0 Å². The fraction of sp³-hybridized carbons (Fsp3) is 0.154. The molecule has 1 heterocycles. The number of hydrogen-bond donors (Lipinski definition) is 1. The summed E-state index contributed by atoms with van der Waals surface area (Å²) < 4.78 is 0. The van der Waals surface area contributed by atoms with E-state index in [2.05, 4.69) is 15.3 Å². The monoisotopic (exact) mass is 239 g/mol. The summed E-state index contributed by atoms with van der Waals surface area (Å²) in [6.45, 7) is 1.80. The fourth-order valence-corrected chi connectivity index (χ4v) is 1.51. The van der Waals surface area contributed by atoms with Gasteiger partial charge in [0, 0.05) is 18.8 Å². The van der Waals surface area contributed by atoms with E-state index in [1.54, 1.807) is 20.0 Å². The van der Waals surface area contributed by atoms with E-state index in [1.807, 2.05) is 36.5 Å². The summed E-state index contributed by atoms with van der Waals surface area (Å²) in [5.41, 5.74) is 0.946. The molecule has 18 heavy (non-hydrogen) atoms. The molecule has 0 unspecified atom stereocenters. The zero-order valence-electron chi connectivity index (χ0n) is 10.3. The summed E-state index contributed by atoms with van der Waals surface area (Å²) in [4.78, 5) is 9.88. The molecule has 0 amide bonds. The van der Waals surface area contributed by atoms with Gasteiger partial charge in [0.05, 0.1) is 0 Å². The summed E-state index contributed by atoms with van der Waals surface area (Å²) in [5, 5.41) is 12.0. The second kappa shape index (κ2) is 5.15. The van der Waals surface area contributed by atoms with E-state index in [0.29, 0.717) is 17.5 Å². The van der Waals surface area contributed by atoms with Crippen LogP contribution < -0.4 is 10.2 Å². The Morgan fingerprint density at radius 2 is 1.94 bits per heavy atom. The third-order valence-electron chi connectivity index (χ3n) is 2.36. The number of aryl methyl sites for hydroxylation is 1. The van der Waals surface area contributed by atoms with Crippen LogP contribution in [0, 0.1) is 18.4 Å². The smallest absolute Gasteiger partial charge is 0.185 e. The van der Waals surface area contributed by atoms with Gasteiger partial charge in [0.25, 0.3) is 0 Å². The molecule has 0 radical (unpaired) electrons. The summed E-state index contributed by atoms with van der Waals surface area (Å²) in [6.07, 6.45) is 2.01. The minimum absolute atomic E-state index is 0.573. The maximum atomic E-state index is 8.85. The molecule has 0 saturated carbocycles. The summed E-state index contributed by atoms with van der Waals surface area (Å²) in [5.74, 6) is 1.86. The molecular weight excluding hydrogens is 226 g/mol. The van der Waals surface area contributed by atoms with E-state index in [-0.39, 0.29) is 0 Å². The van der Waals surface area contributed by atoms with Crippen molar-refractivity contribution in [1.82, 2.24) is 9.97 Å². The number of anilines is 3. The zero-order valence-corrected chi connectivity index (χ0v) is 10.3. The molecule has 0 saturated heterocycles. The number of hydrogen-bond acceptors (Lipinski definition) is 5. The average Bonchev–Trinajstić information content (AvgIpc) is 2.38. The Bertz CT molecular complexity index is 574. The molecule has 5 heteroatoms. The molecule has 0 atom stereocenters. The number of nitrogens with zero attached hydrogens (tertiary/aromatic N) is 4. The lowest BCUT2D eigenvalue weighted by Gasteiger charge is -2.11. The Morgan fingerprint density at radius 3 is 2.61 bits per heavy atom. The quantitative estimate of drug-likeness (QED) is 0.658. The highest BCUT2D eigenvalue weighted by molar-refractivity contribution is 5.60. The van der Waals surface area contributed by atoms with Gasteiger partial charge in [-0.25, -0.2) is 9.97 Å². The van der Waals surface area contributed by atoms with Gasteiger partial charge in [0.2, 0.25) is 0 Å². The number of aromatic nitrogens is 2. The van der Waals surface area contributed by atoms with Crippen LogP contribution in [0.15, 0.2) is 36.4 Å². The van der Waals surface area contributed by atoms with E-state index in [4.69, 9.17) is 5.26 Å². The lowest BCUT2D eigenvalue weighted by molar-refractivity contribution is 1.02. The number of nitriles is 1. The minimum Gasteiger partial charge on any atom is -0.340 e. The second-order valence-corrected chi connectivity index (χ2v) is 3.81. The van der Waals surface area contributed by atoms with Crippen LogP contribution in [0.4, 0.5) is 17.3 Å². The lowest BCUT2D eigenvalue weighted by Crippen LogP contribution is -2.12. The lowest BCUT2D eigenvalue weighted by atomic mass is 10.3. The highest BCUT2D eigenvalue weighted by atomic mass is 15.2. The molecular formula is C13H13N5. The largest absolute Gasteiger partial charge is 0.340 e. The van der Waals surface area contributed by atoms with Crippen LogP contribution in [0.5, 0.6) is 0 Å². The van der Waals surface area contributed by atoms with Gasteiger partial charge in [-0.1, -0.05) is 18.2 Å². The van der Waals surface area contributed by atoms with Gasteiger partial charge in [-0.2, -0.15) is 5.26 Å². The Kier molecular flexibility index (Phi) is 3.39. The first-order chi connectivity index (χ1) is 8.69. The van der Waals surface area contributed by atoms with Crippen LogP contribution in [0.1, 0.15) is 5.82 Å². The number of benzene rings is 1. The molecule has 2 aromatic rings. The van der Waals surface area contributed by atoms with Crippen LogP contribution in [0.25, 0.3) is 0 Å². The highest BCUT2D eigenvalue weighted by Gasteiger charge is 2.05. The SMILES string of the molecule is Cc1nc(Nc2ccccc2)cc(N(C)C#N)n1. The molecule has 0 spiro atoms. The molecule has 0 aliphatic rings. The van der Waals surface area contributed by atoms with Crippen molar-refractivity contribution in [2.45, 2.75) is 6.92 Å². The molecule has 90 valence electrons. The topological polar surface area (TPSA) is 64.8 Å². The second-order valence-electron chi connectivity index (χ2n) is 3.81.